The Labute approximate surface area is 239 Å². The number of nitrogens with one attached hydrogen (secondary N) is 1. The zero-order chi connectivity index (χ0) is 30.3. The third-order valence-corrected chi connectivity index (χ3v) is 11.9. The van der Waals surface area contributed by atoms with Crippen molar-refractivity contribution in [2.75, 3.05) is 4.90 Å². The number of carbonyl (C=O) groups excluding carboxylic acids is 3. The van der Waals surface area contributed by atoms with Crippen LogP contribution in [0.5, 0.6) is 0 Å². The largest absolute Gasteiger partial charge is 0.443 e. The molecule has 0 saturated carbocycles. The van der Waals surface area contributed by atoms with Gasteiger partial charge in [0, 0.05) is 24.6 Å². The SMILES string of the molecule is CC(C)(C)OC(=O)N(C(=O)OC(C)(C)C)c1cnccc1[C@H]1C[C@@H](O[Si](C)(C)C(C)(C)C)[C@H]2NC(=O)CC[C@H]2O1. The van der Waals surface area contributed by atoms with Gasteiger partial charge in [0.15, 0.2) is 8.32 Å². The Morgan fingerprint density at radius 2 is 1.60 bits per heavy atom. The van der Waals surface area contributed by atoms with Crippen molar-refractivity contribution in [1.82, 2.24) is 10.3 Å². The fraction of sp³-hybridized carbons (Fsp3) is 0.724. The Morgan fingerprint density at radius 1 is 1.02 bits per heavy atom. The fourth-order valence-electron chi connectivity index (χ4n) is 4.53. The molecule has 10 nitrogen and oxygen atoms in total. The van der Waals surface area contributed by atoms with Gasteiger partial charge in [0.2, 0.25) is 5.91 Å². The monoisotopic (exact) mass is 577 g/mol. The molecule has 0 bridgehead atoms. The number of nitrogens with zero attached hydrogens (tertiary/aromatic N) is 2. The van der Waals surface area contributed by atoms with Gasteiger partial charge in [-0.1, -0.05) is 20.8 Å². The number of carbonyl (C=O) groups is 3. The Kier molecular flexibility index (Phi) is 9.13. The topological polar surface area (TPSA) is 116 Å². The lowest BCUT2D eigenvalue weighted by molar-refractivity contribution is -0.148. The van der Waals surface area contributed by atoms with Crippen molar-refractivity contribution in [2.24, 2.45) is 0 Å². The van der Waals surface area contributed by atoms with Crippen molar-refractivity contribution < 1.29 is 33.0 Å². The van der Waals surface area contributed by atoms with E-state index >= 15 is 0 Å². The third kappa shape index (κ3) is 7.82. The molecule has 0 aromatic carbocycles. The van der Waals surface area contributed by atoms with E-state index in [0.717, 1.165) is 4.90 Å². The molecule has 0 radical (unpaired) electrons. The van der Waals surface area contributed by atoms with Crippen molar-refractivity contribution in [1.29, 1.82) is 0 Å². The summed E-state index contributed by atoms with van der Waals surface area (Å²) in [4.78, 5) is 44.3. The Morgan fingerprint density at radius 3 is 2.12 bits per heavy atom. The molecule has 3 amide bonds. The summed E-state index contributed by atoms with van der Waals surface area (Å²) < 4.78 is 24.7. The van der Waals surface area contributed by atoms with Crippen LogP contribution >= 0.6 is 0 Å². The number of fused-ring (bicyclic) bond motifs is 1. The van der Waals surface area contributed by atoms with Gasteiger partial charge < -0.3 is 24.0 Å². The maximum absolute atomic E-state index is 13.4. The highest BCUT2D eigenvalue weighted by molar-refractivity contribution is 6.74. The van der Waals surface area contributed by atoms with Crippen LogP contribution in [0.2, 0.25) is 18.1 Å². The predicted octanol–water partition coefficient (Wildman–Crippen LogP) is 6.26. The minimum atomic E-state index is -2.22. The van der Waals surface area contributed by atoms with Crippen molar-refractivity contribution in [3.63, 3.8) is 0 Å². The lowest BCUT2D eigenvalue weighted by Gasteiger charge is -2.49. The van der Waals surface area contributed by atoms with E-state index in [1.165, 1.54) is 6.20 Å². The summed E-state index contributed by atoms with van der Waals surface area (Å²) >= 11 is 0. The molecule has 1 aromatic rings. The summed E-state index contributed by atoms with van der Waals surface area (Å²) in [6.07, 6.45) is 1.49. The van der Waals surface area contributed by atoms with Crippen LogP contribution < -0.4 is 10.2 Å². The van der Waals surface area contributed by atoms with Crippen LogP contribution in [0.15, 0.2) is 18.5 Å². The van der Waals surface area contributed by atoms with E-state index in [4.69, 9.17) is 18.6 Å². The van der Waals surface area contributed by atoms with Gasteiger partial charge in [0.1, 0.15) is 11.2 Å². The minimum Gasteiger partial charge on any atom is -0.443 e. The average molecular weight is 578 g/mol. The van der Waals surface area contributed by atoms with Crippen LogP contribution in [0, 0.1) is 0 Å². The number of hydrogen-bond donors (Lipinski definition) is 1. The summed E-state index contributed by atoms with van der Waals surface area (Å²) in [6, 6.07) is 1.46. The molecular weight excluding hydrogens is 530 g/mol. The highest BCUT2D eigenvalue weighted by Crippen LogP contribution is 2.44. The van der Waals surface area contributed by atoms with E-state index in [1.807, 2.05) is 0 Å². The van der Waals surface area contributed by atoms with Gasteiger partial charge in [0.25, 0.3) is 0 Å². The molecule has 2 fully saturated rings. The number of hydrogen-bond acceptors (Lipinski definition) is 8. The lowest BCUT2D eigenvalue weighted by Crippen LogP contribution is -2.61. The zero-order valence-corrected chi connectivity index (χ0v) is 26.9. The second-order valence-electron chi connectivity index (χ2n) is 14.2. The molecule has 3 heterocycles. The highest BCUT2D eigenvalue weighted by Gasteiger charge is 2.48. The van der Waals surface area contributed by atoms with Crippen molar-refractivity contribution in [3.05, 3.63) is 24.0 Å². The molecule has 2 saturated heterocycles. The second-order valence-corrected chi connectivity index (χ2v) is 18.9. The van der Waals surface area contributed by atoms with E-state index in [2.05, 4.69) is 44.2 Å². The third-order valence-electron chi connectivity index (χ3n) is 7.39. The first kappa shape index (κ1) is 32.0. The zero-order valence-electron chi connectivity index (χ0n) is 25.9. The van der Waals surface area contributed by atoms with E-state index < -0.39 is 37.8 Å². The molecule has 224 valence electrons. The number of anilines is 1. The average Bonchev–Trinajstić information content (AvgIpc) is 2.76. The lowest BCUT2D eigenvalue weighted by atomic mass is 9.87. The molecule has 1 aromatic heterocycles. The molecule has 1 N–H and O–H groups in total. The van der Waals surface area contributed by atoms with Crippen LogP contribution in [0.25, 0.3) is 0 Å². The number of aromatic nitrogens is 1. The molecule has 4 atom stereocenters. The maximum Gasteiger partial charge on any atom is 0.424 e. The first-order chi connectivity index (χ1) is 18.2. The Balaban J connectivity index is 2.05. The molecule has 3 rings (SSSR count). The molecule has 0 unspecified atom stereocenters. The van der Waals surface area contributed by atoms with Crippen LogP contribution in [0.1, 0.15) is 93.2 Å². The molecule has 40 heavy (non-hydrogen) atoms. The summed E-state index contributed by atoms with van der Waals surface area (Å²) in [5.74, 6) is -0.0160. The van der Waals surface area contributed by atoms with Crippen LogP contribution in [0.3, 0.4) is 0 Å². The molecule has 0 spiro atoms. The minimum absolute atomic E-state index is 0.0160. The number of imide groups is 1. The van der Waals surface area contributed by atoms with E-state index in [0.29, 0.717) is 24.8 Å². The van der Waals surface area contributed by atoms with Gasteiger partial charge >= 0.3 is 12.2 Å². The standard InChI is InChI=1S/C29H47N3O7Si/c1-27(2,3)37-25(34)32(26(35)38-28(4,5)6)19-17-30-15-14-18(19)21-16-22(39-40(10,11)29(7,8)9)24-20(36-21)12-13-23(33)31-24/h14-15,17,20-22,24H,12-13,16H2,1-11H3,(H,31,33)/t20-,21-,22-,24+/m1/s1. The summed E-state index contributed by atoms with van der Waals surface area (Å²) in [6.45, 7) is 21.3. The van der Waals surface area contributed by atoms with Crippen LogP contribution in [-0.4, -0.2) is 60.8 Å². The van der Waals surface area contributed by atoms with Gasteiger partial charge in [-0.3, -0.25) is 9.78 Å². The molecule has 2 aliphatic rings. The number of ether oxygens (including phenoxy) is 3. The molecular formula is C29H47N3O7Si. The molecule has 11 heteroatoms. The molecule has 0 aliphatic carbocycles. The van der Waals surface area contributed by atoms with Gasteiger partial charge in [0.05, 0.1) is 36.2 Å². The van der Waals surface area contributed by atoms with E-state index in [1.54, 1.807) is 53.8 Å². The van der Waals surface area contributed by atoms with Crippen LogP contribution in [0.4, 0.5) is 15.3 Å². The number of pyridine rings is 1. The van der Waals surface area contributed by atoms with Gasteiger partial charge in [-0.15, -0.1) is 0 Å². The first-order valence-electron chi connectivity index (χ1n) is 14.0. The quantitative estimate of drug-likeness (QED) is 0.417. The number of piperidine rings is 1. The smallest absolute Gasteiger partial charge is 0.424 e. The Hall–Kier alpha value is -2.50. The number of rotatable bonds is 4. The van der Waals surface area contributed by atoms with E-state index in [9.17, 15) is 14.4 Å². The van der Waals surface area contributed by atoms with Gasteiger partial charge in [-0.2, -0.15) is 4.90 Å². The second kappa shape index (κ2) is 11.4. The van der Waals surface area contributed by atoms with Crippen molar-refractivity contribution in [2.45, 2.75) is 135 Å². The maximum atomic E-state index is 13.4. The van der Waals surface area contributed by atoms with Gasteiger partial charge in [-0.25, -0.2) is 9.59 Å². The van der Waals surface area contributed by atoms with Crippen LogP contribution in [-0.2, 0) is 23.4 Å². The van der Waals surface area contributed by atoms with Crippen molar-refractivity contribution in [3.8, 4) is 0 Å². The van der Waals surface area contributed by atoms with E-state index in [-0.39, 0.29) is 34.9 Å². The van der Waals surface area contributed by atoms with Gasteiger partial charge in [-0.05, 0) is 72.2 Å². The Bertz CT molecular complexity index is 1080. The summed E-state index contributed by atoms with van der Waals surface area (Å²) in [5.41, 5.74) is -0.890. The predicted molar refractivity (Wildman–Crippen MR) is 155 cm³/mol. The first-order valence-corrected chi connectivity index (χ1v) is 16.9. The van der Waals surface area contributed by atoms with Crippen molar-refractivity contribution >= 4 is 32.1 Å². The molecule has 2 aliphatic heterocycles. The number of amides is 3. The fourth-order valence-corrected chi connectivity index (χ4v) is 5.89. The highest BCUT2D eigenvalue weighted by atomic mass is 28.4. The summed E-state index contributed by atoms with van der Waals surface area (Å²) in [5, 5.41) is 3.06. The normalized spacial score (nSPS) is 24.0. The summed E-state index contributed by atoms with van der Waals surface area (Å²) in [7, 11) is -2.22.